The second-order valence-electron chi connectivity index (χ2n) is 3.17. The third-order valence-corrected chi connectivity index (χ3v) is 2.12. The van der Waals surface area contributed by atoms with E-state index in [2.05, 4.69) is 10.3 Å². The summed E-state index contributed by atoms with van der Waals surface area (Å²) in [6.07, 6.45) is -1.14. The molecular weight excluding hydrogens is 196 g/mol. The van der Waals surface area contributed by atoms with Crippen LogP contribution in [0.1, 0.15) is 0 Å². The van der Waals surface area contributed by atoms with Gasteiger partial charge in [-0.1, -0.05) is 0 Å². The fourth-order valence-corrected chi connectivity index (χ4v) is 1.42. The SMILES string of the molecule is Cn1c(NC(=O)O)nc2cc(N)ccc21. The number of anilines is 2. The van der Waals surface area contributed by atoms with Crippen molar-refractivity contribution in [1.29, 1.82) is 0 Å². The molecule has 0 aliphatic carbocycles. The molecule has 2 aromatic rings. The lowest BCUT2D eigenvalue weighted by atomic mass is 10.3. The van der Waals surface area contributed by atoms with E-state index >= 15 is 0 Å². The van der Waals surface area contributed by atoms with Gasteiger partial charge in [-0.15, -0.1) is 0 Å². The fraction of sp³-hybridized carbons (Fsp3) is 0.111. The summed E-state index contributed by atoms with van der Waals surface area (Å²) in [6, 6.07) is 5.24. The van der Waals surface area contributed by atoms with E-state index in [1.165, 1.54) is 0 Å². The van der Waals surface area contributed by atoms with Crippen LogP contribution in [0.2, 0.25) is 0 Å². The highest BCUT2D eigenvalue weighted by molar-refractivity contribution is 5.87. The molecule has 2 rings (SSSR count). The maximum atomic E-state index is 10.5. The van der Waals surface area contributed by atoms with Gasteiger partial charge in [0.05, 0.1) is 11.0 Å². The van der Waals surface area contributed by atoms with Crippen molar-refractivity contribution in [2.24, 2.45) is 7.05 Å². The molecule has 4 N–H and O–H groups in total. The monoisotopic (exact) mass is 206 g/mol. The van der Waals surface area contributed by atoms with Crippen molar-refractivity contribution in [2.45, 2.75) is 0 Å². The smallest absolute Gasteiger partial charge is 0.411 e. The second kappa shape index (κ2) is 3.16. The van der Waals surface area contributed by atoms with Crippen LogP contribution < -0.4 is 11.1 Å². The molecule has 15 heavy (non-hydrogen) atoms. The number of carboxylic acid groups (broad SMARTS) is 1. The van der Waals surface area contributed by atoms with E-state index in [-0.39, 0.29) is 5.95 Å². The number of aryl methyl sites for hydroxylation is 1. The first kappa shape index (κ1) is 9.32. The molecule has 0 unspecified atom stereocenters. The van der Waals surface area contributed by atoms with Crippen molar-refractivity contribution in [1.82, 2.24) is 9.55 Å². The molecule has 1 heterocycles. The van der Waals surface area contributed by atoms with Crippen LogP contribution in [0, 0.1) is 0 Å². The van der Waals surface area contributed by atoms with Crippen LogP contribution in [0.25, 0.3) is 11.0 Å². The van der Waals surface area contributed by atoms with Gasteiger partial charge in [-0.2, -0.15) is 0 Å². The minimum Gasteiger partial charge on any atom is -0.465 e. The molecular formula is C9H10N4O2. The molecule has 0 fully saturated rings. The standard InChI is InChI=1S/C9H10N4O2/c1-13-7-3-2-5(10)4-6(7)11-8(13)12-9(14)15/h2-4H,10H2,1H3,(H,11,12)(H,14,15). The third-order valence-electron chi connectivity index (χ3n) is 2.12. The molecule has 0 saturated carbocycles. The zero-order chi connectivity index (χ0) is 11.0. The molecule has 0 atom stereocenters. The number of nitrogens with two attached hydrogens (primary N) is 1. The fourth-order valence-electron chi connectivity index (χ4n) is 1.42. The predicted molar refractivity (Wildman–Crippen MR) is 56.8 cm³/mol. The number of fused-ring (bicyclic) bond motifs is 1. The van der Waals surface area contributed by atoms with Gasteiger partial charge in [-0.3, -0.25) is 5.32 Å². The summed E-state index contributed by atoms with van der Waals surface area (Å²) in [5, 5.41) is 10.8. The van der Waals surface area contributed by atoms with Gasteiger partial charge >= 0.3 is 6.09 Å². The van der Waals surface area contributed by atoms with Gasteiger partial charge in [0.25, 0.3) is 0 Å². The average Bonchev–Trinajstić information content (AvgIpc) is 2.42. The number of hydrogen-bond donors (Lipinski definition) is 3. The van der Waals surface area contributed by atoms with Crippen LogP contribution in [0.5, 0.6) is 0 Å². The maximum absolute atomic E-state index is 10.5. The van der Waals surface area contributed by atoms with Gasteiger partial charge in [0.1, 0.15) is 0 Å². The van der Waals surface area contributed by atoms with Crippen LogP contribution in [-0.4, -0.2) is 20.8 Å². The van der Waals surface area contributed by atoms with Gasteiger partial charge < -0.3 is 15.4 Å². The zero-order valence-corrected chi connectivity index (χ0v) is 8.06. The van der Waals surface area contributed by atoms with Crippen LogP contribution in [0.4, 0.5) is 16.4 Å². The molecule has 0 saturated heterocycles. The molecule has 0 radical (unpaired) electrons. The first-order valence-electron chi connectivity index (χ1n) is 4.30. The molecule has 1 amide bonds. The van der Waals surface area contributed by atoms with Gasteiger partial charge in [-0.25, -0.2) is 9.78 Å². The highest BCUT2D eigenvalue weighted by Gasteiger charge is 2.09. The van der Waals surface area contributed by atoms with Crippen molar-refractivity contribution < 1.29 is 9.90 Å². The van der Waals surface area contributed by atoms with E-state index < -0.39 is 6.09 Å². The number of nitrogens with zero attached hydrogens (tertiary/aromatic N) is 2. The first-order valence-corrected chi connectivity index (χ1v) is 4.30. The van der Waals surface area contributed by atoms with Crippen molar-refractivity contribution in [3.8, 4) is 0 Å². The van der Waals surface area contributed by atoms with Gasteiger partial charge in [0.15, 0.2) is 0 Å². The lowest BCUT2D eigenvalue weighted by molar-refractivity contribution is 0.209. The Hall–Kier alpha value is -2.24. The van der Waals surface area contributed by atoms with E-state index in [0.717, 1.165) is 5.52 Å². The Bertz CT molecular complexity index is 532. The molecule has 0 aliphatic rings. The van der Waals surface area contributed by atoms with Gasteiger partial charge in [0, 0.05) is 12.7 Å². The van der Waals surface area contributed by atoms with E-state index in [1.807, 2.05) is 0 Å². The summed E-state index contributed by atoms with van der Waals surface area (Å²) in [7, 11) is 1.73. The lowest BCUT2D eigenvalue weighted by Gasteiger charge is -2.00. The predicted octanol–water partition coefficient (Wildman–Crippen LogP) is 1.25. The van der Waals surface area contributed by atoms with E-state index in [0.29, 0.717) is 11.2 Å². The summed E-state index contributed by atoms with van der Waals surface area (Å²) in [4.78, 5) is 14.6. The Kier molecular flexibility index (Phi) is 1.96. The van der Waals surface area contributed by atoms with Crippen LogP contribution >= 0.6 is 0 Å². The summed E-state index contributed by atoms with van der Waals surface area (Å²) < 4.78 is 1.66. The van der Waals surface area contributed by atoms with Crippen LogP contribution in [0.3, 0.4) is 0 Å². The number of carbonyl (C=O) groups is 1. The lowest BCUT2D eigenvalue weighted by Crippen LogP contribution is -2.11. The molecule has 0 bridgehead atoms. The summed E-state index contributed by atoms with van der Waals surface area (Å²) in [5.74, 6) is 0.281. The second-order valence-corrected chi connectivity index (χ2v) is 3.17. The topological polar surface area (TPSA) is 93.2 Å². The van der Waals surface area contributed by atoms with E-state index in [4.69, 9.17) is 10.8 Å². The van der Waals surface area contributed by atoms with Crippen molar-refractivity contribution in [2.75, 3.05) is 11.1 Å². The average molecular weight is 206 g/mol. The Morgan fingerprint density at radius 3 is 3.00 bits per heavy atom. The molecule has 1 aromatic heterocycles. The molecule has 0 spiro atoms. The molecule has 6 heteroatoms. The summed E-state index contributed by atoms with van der Waals surface area (Å²) in [5.41, 5.74) is 7.69. The Morgan fingerprint density at radius 2 is 2.33 bits per heavy atom. The molecule has 78 valence electrons. The number of aromatic nitrogens is 2. The number of imidazole rings is 1. The van der Waals surface area contributed by atoms with Gasteiger partial charge in [0.2, 0.25) is 5.95 Å². The first-order chi connectivity index (χ1) is 7.08. The van der Waals surface area contributed by atoms with Crippen molar-refractivity contribution in [3.63, 3.8) is 0 Å². The highest BCUT2D eigenvalue weighted by Crippen LogP contribution is 2.20. The number of nitrogens with one attached hydrogen (secondary N) is 1. The molecule has 0 aliphatic heterocycles. The van der Waals surface area contributed by atoms with Crippen LogP contribution in [0.15, 0.2) is 18.2 Å². The van der Waals surface area contributed by atoms with Crippen molar-refractivity contribution in [3.05, 3.63) is 18.2 Å². The minimum atomic E-state index is -1.14. The van der Waals surface area contributed by atoms with E-state index in [9.17, 15) is 4.79 Å². The summed E-state index contributed by atoms with van der Waals surface area (Å²) >= 11 is 0. The van der Waals surface area contributed by atoms with Gasteiger partial charge in [-0.05, 0) is 18.2 Å². The molecule has 6 nitrogen and oxygen atoms in total. The zero-order valence-electron chi connectivity index (χ0n) is 8.06. The summed E-state index contributed by atoms with van der Waals surface area (Å²) in [6.45, 7) is 0. The van der Waals surface area contributed by atoms with E-state index in [1.54, 1.807) is 29.8 Å². The number of rotatable bonds is 1. The minimum absolute atomic E-state index is 0.281. The third kappa shape index (κ3) is 1.56. The number of hydrogen-bond acceptors (Lipinski definition) is 3. The quantitative estimate of drug-likeness (QED) is 0.612. The van der Waals surface area contributed by atoms with Crippen molar-refractivity contribution >= 4 is 28.8 Å². The number of benzene rings is 1. The number of nitrogen functional groups attached to an aromatic ring is 1. The van der Waals surface area contributed by atoms with Crippen LogP contribution in [-0.2, 0) is 7.05 Å². The largest absolute Gasteiger partial charge is 0.465 e. The Morgan fingerprint density at radius 1 is 1.60 bits per heavy atom. The Labute approximate surface area is 85.3 Å². The maximum Gasteiger partial charge on any atom is 0.411 e. The highest BCUT2D eigenvalue weighted by atomic mass is 16.4. The Balaban J connectivity index is 2.58. The normalized spacial score (nSPS) is 10.5. The molecule has 1 aromatic carbocycles. The number of amides is 1.